The third-order valence-corrected chi connectivity index (χ3v) is 4.61. The normalized spacial score (nSPS) is 33.3. The van der Waals surface area contributed by atoms with Crippen LogP contribution in [0.25, 0.3) is 0 Å². The number of methoxy groups -OCH3 is 1. The monoisotopic (exact) mass is 265 g/mol. The molecule has 2 saturated carbocycles. The minimum Gasteiger partial charge on any atom is -0.370 e. The van der Waals surface area contributed by atoms with Crippen molar-refractivity contribution in [2.24, 2.45) is 17.6 Å². The summed E-state index contributed by atoms with van der Waals surface area (Å²) in [6.45, 7) is 2.25. The number of hydrogen-bond acceptors (Lipinski definition) is 5. The van der Waals surface area contributed by atoms with E-state index in [0.29, 0.717) is 23.6 Å². The Kier molecular flexibility index (Phi) is 3.35. The van der Waals surface area contributed by atoms with Crippen molar-refractivity contribution in [3.8, 4) is 0 Å². The van der Waals surface area contributed by atoms with Gasteiger partial charge in [-0.3, -0.25) is 0 Å². The first kappa shape index (κ1) is 13.1. The van der Waals surface area contributed by atoms with E-state index in [2.05, 4.69) is 17.1 Å². The van der Waals surface area contributed by atoms with Crippen molar-refractivity contribution >= 4 is 0 Å². The van der Waals surface area contributed by atoms with Crippen molar-refractivity contribution in [2.75, 3.05) is 7.11 Å². The summed E-state index contributed by atoms with van der Waals surface area (Å²) in [7, 11) is 1.74. The van der Waals surface area contributed by atoms with Crippen LogP contribution in [0.3, 0.4) is 0 Å². The number of nitrogens with two attached hydrogens (primary N) is 1. The summed E-state index contributed by atoms with van der Waals surface area (Å²) in [5.74, 6) is 2.42. The van der Waals surface area contributed by atoms with Gasteiger partial charge in [-0.2, -0.15) is 4.98 Å². The lowest BCUT2D eigenvalue weighted by atomic mass is 9.78. The molecule has 5 heteroatoms. The molecule has 0 aliphatic heterocycles. The van der Waals surface area contributed by atoms with E-state index in [1.165, 1.54) is 19.3 Å². The topological polar surface area (TPSA) is 74.2 Å². The summed E-state index contributed by atoms with van der Waals surface area (Å²) >= 11 is 0. The molecule has 2 N–H and O–H groups in total. The van der Waals surface area contributed by atoms with Crippen LogP contribution in [0.5, 0.6) is 0 Å². The zero-order chi connectivity index (χ0) is 13.5. The van der Waals surface area contributed by atoms with Crippen molar-refractivity contribution in [1.29, 1.82) is 0 Å². The predicted molar refractivity (Wildman–Crippen MR) is 70.3 cm³/mol. The largest absolute Gasteiger partial charge is 0.370 e. The van der Waals surface area contributed by atoms with Gasteiger partial charge in [0.05, 0.1) is 6.04 Å². The van der Waals surface area contributed by atoms with Crippen LogP contribution < -0.4 is 5.73 Å². The zero-order valence-corrected chi connectivity index (χ0v) is 11.8. The summed E-state index contributed by atoms with van der Waals surface area (Å²) in [5.41, 5.74) is 5.75. The number of rotatable bonds is 4. The van der Waals surface area contributed by atoms with Gasteiger partial charge in [-0.05, 0) is 43.9 Å². The molecule has 3 unspecified atom stereocenters. The highest BCUT2D eigenvalue weighted by atomic mass is 16.5. The van der Waals surface area contributed by atoms with Gasteiger partial charge in [0, 0.05) is 7.11 Å². The van der Waals surface area contributed by atoms with Gasteiger partial charge in [-0.25, -0.2) is 0 Å². The Balaban J connectivity index is 1.82. The maximum atomic E-state index is 6.12. The van der Waals surface area contributed by atoms with E-state index in [9.17, 15) is 0 Å². The predicted octanol–water partition coefficient (Wildman–Crippen LogP) is 2.53. The van der Waals surface area contributed by atoms with E-state index < -0.39 is 0 Å². The quantitative estimate of drug-likeness (QED) is 0.905. The van der Waals surface area contributed by atoms with Crippen LogP contribution in [0.15, 0.2) is 4.52 Å². The van der Waals surface area contributed by atoms with Crippen LogP contribution >= 0.6 is 0 Å². The Morgan fingerprint density at radius 3 is 2.84 bits per heavy atom. The van der Waals surface area contributed by atoms with Crippen molar-refractivity contribution in [3.05, 3.63) is 11.7 Å². The zero-order valence-electron chi connectivity index (χ0n) is 11.8. The Morgan fingerprint density at radius 2 is 2.21 bits per heavy atom. The molecule has 2 fully saturated rings. The lowest BCUT2D eigenvalue weighted by molar-refractivity contribution is -0.0658. The molecule has 0 saturated heterocycles. The number of nitrogens with zero attached hydrogens (tertiary/aromatic N) is 2. The molecule has 2 aliphatic carbocycles. The third-order valence-electron chi connectivity index (χ3n) is 4.61. The first-order chi connectivity index (χ1) is 9.14. The number of hydrogen-bond donors (Lipinski definition) is 1. The standard InChI is InChI=1S/C14H23N3O2/c1-9-4-3-7-14(8-9,18-2)13-16-12(19-17-13)11(15)10-5-6-10/h9-11H,3-8,15H2,1-2H3. The Labute approximate surface area is 113 Å². The Bertz CT molecular complexity index is 444. The fourth-order valence-corrected chi connectivity index (χ4v) is 3.20. The van der Waals surface area contributed by atoms with Gasteiger partial charge in [0.25, 0.3) is 0 Å². The molecule has 0 bridgehead atoms. The van der Waals surface area contributed by atoms with Crippen molar-refractivity contribution in [1.82, 2.24) is 10.1 Å². The molecular formula is C14H23N3O2. The summed E-state index contributed by atoms with van der Waals surface area (Å²) in [5, 5.41) is 4.16. The third kappa shape index (κ3) is 2.41. The second-order valence-corrected chi connectivity index (χ2v) is 6.22. The van der Waals surface area contributed by atoms with Crippen LogP contribution in [-0.4, -0.2) is 17.3 Å². The van der Waals surface area contributed by atoms with Gasteiger partial charge >= 0.3 is 0 Å². The molecule has 0 radical (unpaired) electrons. The molecule has 1 aromatic rings. The number of ether oxygens (including phenoxy) is 1. The first-order valence-corrected chi connectivity index (χ1v) is 7.29. The van der Waals surface area contributed by atoms with E-state index in [0.717, 1.165) is 19.3 Å². The van der Waals surface area contributed by atoms with E-state index >= 15 is 0 Å². The van der Waals surface area contributed by atoms with Gasteiger partial charge in [-0.15, -0.1) is 0 Å². The minimum atomic E-state index is -0.372. The van der Waals surface area contributed by atoms with E-state index in [1.54, 1.807) is 7.11 Å². The van der Waals surface area contributed by atoms with Gasteiger partial charge in [0.2, 0.25) is 11.7 Å². The molecule has 3 rings (SSSR count). The summed E-state index contributed by atoms with van der Waals surface area (Å²) in [6.07, 6.45) is 6.66. The molecule has 0 spiro atoms. The van der Waals surface area contributed by atoms with Gasteiger partial charge < -0.3 is 15.0 Å². The van der Waals surface area contributed by atoms with Crippen molar-refractivity contribution in [2.45, 2.75) is 57.1 Å². The minimum absolute atomic E-state index is 0.101. The van der Waals surface area contributed by atoms with E-state index in [4.69, 9.17) is 15.0 Å². The fraction of sp³-hybridized carbons (Fsp3) is 0.857. The molecule has 2 aliphatic rings. The van der Waals surface area contributed by atoms with Gasteiger partial charge in [0.1, 0.15) is 5.60 Å². The maximum Gasteiger partial charge on any atom is 0.243 e. The SMILES string of the molecule is COC1(c2noc(C(N)C3CC3)n2)CCCC(C)C1. The second kappa shape index (κ2) is 4.87. The van der Waals surface area contributed by atoms with E-state index in [1.807, 2.05) is 0 Å². The fourth-order valence-electron chi connectivity index (χ4n) is 3.20. The summed E-state index contributed by atoms with van der Waals surface area (Å²) in [4.78, 5) is 4.54. The van der Waals surface area contributed by atoms with Gasteiger partial charge in [0.15, 0.2) is 0 Å². The molecular weight excluding hydrogens is 242 g/mol. The smallest absolute Gasteiger partial charge is 0.243 e. The Hall–Kier alpha value is -0.940. The highest BCUT2D eigenvalue weighted by Gasteiger charge is 2.42. The van der Waals surface area contributed by atoms with Crippen molar-refractivity contribution < 1.29 is 9.26 Å². The highest BCUT2D eigenvalue weighted by Crippen LogP contribution is 2.43. The Morgan fingerprint density at radius 1 is 1.42 bits per heavy atom. The second-order valence-electron chi connectivity index (χ2n) is 6.22. The van der Waals surface area contributed by atoms with Crippen LogP contribution in [0.2, 0.25) is 0 Å². The van der Waals surface area contributed by atoms with Crippen LogP contribution in [0.1, 0.15) is 63.2 Å². The first-order valence-electron chi connectivity index (χ1n) is 7.29. The molecule has 1 aromatic heterocycles. The number of aromatic nitrogens is 2. The molecule has 3 atom stereocenters. The molecule has 0 aromatic carbocycles. The van der Waals surface area contributed by atoms with E-state index in [-0.39, 0.29) is 11.6 Å². The average molecular weight is 265 g/mol. The van der Waals surface area contributed by atoms with Gasteiger partial charge in [-0.1, -0.05) is 18.5 Å². The average Bonchev–Trinajstić information content (AvgIpc) is 3.14. The maximum absolute atomic E-state index is 6.12. The molecule has 19 heavy (non-hydrogen) atoms. The summed E-state index contributed by atoms with van der Waals surface area (Å²) in [6, 6.07) is -0.101. The molecule has 1 heterocycles. The lowest BCUT2D eigenvalue weighted by Gasteiger charge is -2.36. The van der Waals surface area contributed by atoms with Crippen LogP contribution in [-0.2, 0) is 10.3 Å². The molecule has 5 nitrogen and oxygen atoms in total. The molecule has 0 amide bonds. The van der Waals surface area contributed by atoms with Crippen molar-refractivity contribution in [3.63, 3.8) is 0 Å². The molecule has 106 valence electrons. The van der Waals surface area contributed by atoms with Crippen LogP contribution in [0, 0.1) is 11.8 Å². The highest BCUT2D eigenvalue weighted by molar-refractivity contribution is 5.07. The lowest BCUT2D eigenvalue weighted by Crippen LogP contribution is -2.35. The summed E-state index contributed by atoms with van der Waals surface area (Å²) < 4.78 is 11.2. The van der Waals surface area contributed by atoms with Crippen LogP contribution in [0.4, 0.5) is 0 Å².